The summed E-state index contributed by atoms with van der Waals surface area (Å²) >= 11 is 0. The molecule has 2 aromatic carbocycles. The third-order valence-electron chi connectivity index (χ3n) is 5.03. The van der Waals surface area contributed by atoms with Gasteiger partial charge in [0.1, 0.15) is 0 Å². The van der Waals surface area contributed by atoms with Gasteiger partial charge in [-0.1, -0.05) is 43.7 Å². The molecule has 6 nitrogen and oxygen atoms in total. The first-order valence-electron chi connectivity index (χ1n) is 9.53. The molecule has 1 heterocycles. The Hall–Kier alpha value is -2.86. The summed E-state index contributed by atoms with van der Waals surface area (Å²) in [4.78, 5) is 24.9. The second kappa shape index (κ2) is 8.02. The molecule has 0 aromatic heterocycles. The SMILES string of the molecule is Cc1ccc(C2CC(=O)Nc3cc(C(=O)NCC(C)(C)CN)ccc3N2)cc1. The molecular formula is C22H28N4O2. The lowest BCUT2D eigenvalue weighted by molar-refractivity contribution is -0.116. The van der Waals surface area contributed by atoms with Gasteiger partial charge in [0.15, 0.2) is 0 Å². The fraction of sp³-hybridized carbons (Fsp3) is 0.364. The molecule has 148 valence electrons. The second-order valence-corrected chi connectivity index (χ2v) is 8.17. The predicted molar refractivity (Wildman–Crippen MR) is 112 cm³/mol. The lowest BCUT2D eigenvalue weighted by Gasteiger charge is -2.22. The minimum atomic E-state index is -0.182. The largest absolute Gasteiger partial charge is 0.376 e. The van der Waals surface area contributed by atoms with Crippen molar-refractivity contribution in [3.63, 3.8) is 0 Å². The molecule has 0 spiro atoms. The molecule has 2 amide bonds. The van der Waals surface area contributed by atoms with E-state index in [4.69, 9.17) is 5.73 Å². The maximum Gasteiger partial charge on any atom is 0.251 e. The van der Waals surface area contributed by atoms with Crippen molar-refractivity contribution in [2.45, 2.75) is 33.2 Å². The van der Waals surface area contributed by atoms with Crippen molar-refractivity contribution >= 4 is 23.2 Å². The normalized spacial score (nSPS) is 16.4. The van der Waals surface area contributed by atoms with Gasteiger partial charge in [0, 0.05) is 12.1 Å². The standard InChI is InChI=1S/C22H28N4O2/c1-14-4-6-15(7-5-14)18-11-20(27)26-19-10-16(8-9-17(19)25-18)21(28)24-13-22(2,3)12-23/h4-10,18,25H,11-13,23H2,1-3H3,(H,24,28)(H,26,27). The van der Waals surface area contributed by atoms with E-state index in [1.54, 1.807) is 12.1 Å². The van der Waals surface area contributed by atoms with Crippen molar-refractivity contribution < 1.29 is 9.59 Å². The van der Waals surface area contributed by atoms with Crippen LogP contribution in [-0.4, -0.2) is 24.9 Å². The van der Waals surface area contributed by atoms with E-state index >= 15 is 0 Å². The molecule has 6 heteroatoms. The van der Waals surface area contributed by atoms with Crippen molar-refractivity contribution in [1.82, 2.24) is 5.32 Å². The average molecular weight is 380 g/mol. The highest BCUT2D eigenvalue weighted by atomic mass is 16.2. The summed E-state index contributed by atoms with van der Waals surface area (Å²) in [5, 5.41) is 9.25. The van der Waals surface area contributed by atoms with Crippen molar-refractivity contribution in [2.75, 3.05) is 23.7 Å². The van der Waals surface area contributed by atoms with E-state index in [-0.39, 0.29) is 23.3 Å². The topological polar surface area (TPSA) is 96.2 Å². The van der Waals surface area contributed by atoms with Crippen LogP contribution in [0, 0.1) is 12.3 Å². The van der Waals surface area contributed by atoms with E-state index in [9.17, 15) is 9.59 Å². The third-order valence-corrected chi connectivity index (χ3v) is 5.03. The number of carbonyl (C=O) groups excluding carboxylic acids is 2. The predicted octanol–water partition coefficient (Wildman–Crippen LogP) is 3.21. The molecule has 0 fully saturated rings. The van der Waals surface area contributed by atoms with Crippen molar-refractivity contribution in [2.24, 2.45) is 11.1 Å². The molecule has 5 N–H and O–H groups in total. The minimum Gasteiger partial charge on any atom is -0.376 e. The highest BCUT2D eigenvalue weighted by Crippen LogP contribution is 2.33. The third kappa shape index (κ3) is 4.70. The molecule has 2 aromatic rings. The summed E-state index contributed by atoms with van der Waals surface area (Å²) in [5.74, 6) is -0.267. The number of amides is 2. The molecule has 1 atom stereocenters. The van der Waals surface area contributed by atoms with Crippen molar-refractivity contribution in [1.29, 1.82) is 0 Å². The van der Waals surface area contributed by atoms with Gasteiger partial charge in [-0.05, 0) is 42.6 Å². The highest BCUT2D eigenvalue weighted by molar-refractivity contribution is 6.01. The molecule has 0 radical (unpaired) electrons. The Bertz CT molecular complexity index is 875. The Balaban J connectivity index is 1.79. The number of benzene rings is 2. The molecule has 1 aliphatic rings. The van der Waals surface area contributed by atoms with Crippen LogP contribution < -0.4 is 21.7 Å². The van der Waals surface area contributed by atoms with Crippen LogP contribution in [0.15, 0.2) is 42.5 Å². The van der Waals surface area contributed by atoms with Crippen LogP contribution in [0.5, 0.6) is 0 Å². The van der Waals surface area contributed by atoms with E-state index < -0.39 is 0 Å². The number of hydrogen-bond donors (Lipinski definition) is 4. The molecule has 0 bridgehead atoms. The van der Waals surface area contributed by atoms with Gasteiger partial charge in [-0.15, -0.1) is 0 Å². The van der Waals surface area contributed by atoms with Gasteiger partial charge >= 0.3 is 0 Å². The number of aryl methyl sites for hydroxylation is 1. The molecule has 0 saturated carbocycles. The highest BCUT2D eigenvalue weighted by Gasteiger charge is 2.23. The number of hydrogen-bond acceptors (Lipinski definition) is 4. The lowest BCUT2D eigenvalue weighted by Crippen LogP contribution is -2.38. The summed E-state index contributed by atoms with van der Waals surface area (Å²) in [7, 11) is 0. The second-order valence-electron chi connectivity index (χ2n) is 8.17. The van der Waals surface area contributed by atoms with Gasteiger partial charge in [0.25, 0.3) is 5.91 Å². The van der Waals surface area contributed by atoms with Gasteiger partial charge in [-0.2, -0.15) is 0 Å². The summed E-state index contributed by atoms with van der Waals surface area (Å²) in [6.07, 6.45) is 0.323. The van der Waals surface area contributed by atoms with Crippen LogP contribution >= 0.6 is 0 Å². The zero-order valence-electron chi connectivity index (χ0n) is 16.6. The van der Waals surface area contributed by atoms with Gasteiger partial charge in [-0.25, -0.2) is 0 Å². The Morgan fingerprint density at radius 1 is 1.18 bits per heavy atom. The fourth-order valence-electron chi connectivity index (χ4n) is 3.03. The zero-order valence-corrected chi connectivity index (χ0v) is 16.6. The Morgan fingerprint density at radius 3 is 2.57 bits per heavy atom. The molecule has 28 heavy (non-hydrogen) atoms. The van der Waals surface area contributed by atoms with Crippen LogP contribution in [0.3, 0.4) is 0 Å². The van der Waals surface area contributed by atoms with Crippen LogP contribution in [0.2, 0.25) is 0 Å². The zero-order chi connectivity index (χ0) is 20.3. The lowest BCUT2D eigenvalue weighted by atomic mass is 9.94. The first-order chi connectivity index (χ1) is 13.3. The smallest absolute Gasteiger partial charge is 0.251 e. The number of nitrogens with two attached hydrogens (primary N) is 1. The molecule has 3 rings (SSSR count). The number of fused-ring (bicyclic) bond motifs is 1. The first-order valence-corrected chi connectivity index (χ1v) is 9.53. The minimum absolute atomic E-state index is 0.0846. The molecule has 1 aliphatic heterocycles. The molecule has 0 saturated heterocycles. The quantitative estimate of drug-likeness (QED) is 0.640. The maximum atomic E-state index is 12.5. The Morgan fingerprint density at radius 2 is 1.89 bits per heavy atom. The Labute approximate surface area is 165 Å². The summed E-state index contributed by atoms with van der Waals surface area (Å²) in [5.41, 5.74) is 9.70. The molecular weight excluding hydrogens is 352 g/mol. The maximum absolute atomic E-state index is 12.5. The first kappa shape index (κ1) is 19.9. The van der Waals surface area contributed by atoms with Crippen LogP contribution in [0.1, 0.15) is 47.8 Å². The van der Waals surface area contributed by atoms with Gasteiger partial charge in [0.05, 0.1) is 23.8 Å². The molecule has 0 aliphatic carbocycles. The average Bonchev–Trinajstić information content (AvgIpc) is 2.84. The van der Waals surface area contributed by atoms with Crippen LogP contribution in [-0.2, 0) is 4.79 Å². The number of carbonyl (C=O) groups is 2. The number of anilines is 2. The monoisotopic (exact) mass is 380 g/mol. The number of rotatable bonds is 5. The van der Waals surface area contributed by atoms with Crippen LogP contribution in [0.25, 0.3) is 0 Å². The van der Waals surface area contributed by atoms with E-state index in [1.807, 2.05) is 51.1 Å². The summed E-state index contributed by atoms with van der Waals surface area (Å²) in [6.45, 7) is 7.00. The fourth-order valence-corrected chi connectivity index (χ4v) is 3.03. The number of nitrogens with one attached hydrogen (secondary N) is 3. The summed E-state index contributed by atoms with van der Waals surface area (Å²) in [6, 6.07) is 13.3. The molecule has 1 unspecified atom stereocenters. The van der Waals surface area contributed by atoms with E-state index in [0.717, 1.165) is 11.3 Å². The summed E-state index contributed by atoms with van der Waals surface area (Å²) < 4.78 is 0. The van der Waals surface area contributed by atoms with Crippen LogP contribution in [0.4, 0.5) is 11.4 Å². The van der Waals surface area contributed by atoms with E-state index in [2.05, 4.69) is 16.0 Å². The van der Waals surface area contributed by atoms with Gasteiger partial charge in [0.2, 0.25) is 5.91 Å². The van der Waals surface area contributed by atoms with Crippen molar-refractivity contribution in [3.8, 4) is 0 Å². The Kier molecular flexibility index (Phi) is 5.70. The van der Waals surface area contributed by atoms with E-state index in [1.165, 1.54) is 5.56 Å². The van der Waals surface area contributed by atoms with E-state index in [0.29, 0.717) is 30.8 Å². The van der Waals surface area contributed by atoms with Crippen molar-refractivity contribution in [3.05, 3.63) is 59.2 Å². The van der Waals surface area contributed by atoms with Gasteiger partial charge < -0.3 is 21.7 Å². The van der Waals surface area contributed by atoms with Gasteiger partial charge in [-0.3, -0.25) is 9.59 Å².